The zero-order valence-corrected chi connectivity index (χ0v) is 28.8. The predicted molar refractivity (Wildman–Crippen MR) is 174 cm³/mol. The molecule has 0 spiro atoms. The second kappa shape index (κ2) is 14.5. The summed E-state index contributed by atoms with van der Waals surface area (Å²) in [4.78, 5) is 75.1. The third-order valence-corrected chi connectivity index (χ3v) is 12.2. The standard InChI is InChI=1S/C32H31N5O9SSe/c1-19(38)43-15-25-27(45-21(3)40)32(46-22(4)41,48-24-13-9-6-10-14-24)31(47-25,16-44-20(2)39)37-18-35-26-28(33-17-34-29(26)37)36-30(42)23-11-7-5-8-12-23/h5-14,17-18,25,27H,15-16H2,1-4H3,(H,33,34,36,42)/t25-,27-,31-,32?/m1/s1. The molecule has 48 heavy (non-hydrogen) atoms. The normalized spacial score (nSPS) is 21.7. The number of nitrogens with zero attached hydrogens (tertiary/aromatic N) is 4. The van der Waals surface area contributed by atoms with Crippen molar-refractivity contribution < 1.29 is 42.9 Å². The van der Waals surface area contributed by atoms with Gasteiger partial charge in [-0.2, -0.15) is 0 Å². The van der Waals surface area contributed by atoms with Crippen molar-refractivity contribution >= 4 is 77.9 Å². The molecule has 0 radical (unpaired) electrons. The summed E-state index contributed by atoms with van der Waals surface area (Å²) >= 11 is 0.263. The van der Waals surface area contributed by atoms with Gasteiger partial charge in [-0.25, -0.2) is 0 Å². The Morgan fingerprint density at radius 2 is 1.52 bits per heavy atom. The third kappa shape index (κ3) is 7.05. The molecule has 1 N–H and O–H groups in total. The first-order valence-electron chi connectivity index (χ1n) is 14.6. The molecule has 4 aromatic rings. The van der Waals surface area contributed by atoms with Gasteiger partial charge in [-0.1, -0.05) is 0 Å². The second-order valence-electron chi connectivity index (χ2n) is 10.6. The number of carbonyl (C=O) groups excluding carboxylic acids is 5. The van der Waals surface area contributed by atoms with Crippen LogP contribution in [0.3, 0.4) is 0 Å². The molecular weight excluding hydrogens is 709 g/mol. The number of imidazole rings is 1. The maximum absolute atomic E-state index is 13.1. The number of hydrogen-bond acceptors (Lipinski definition) is 13. The van der Waals surface area contributed by atoms with Crippen molar-refractivity contribution in [3.05, 3.63) is 78.9 Å². The van der Waals surface area contributed by atoms with E-state index in [1.807, 2.05) is 30.3 Å². The van der Waals surface area contributed by atoms with Gasteiger partial charge in [0.15, 0.2) is 0 Å². The second-order valence-corrected chi connectivity index (χ2v) is 14.8. The molecule has 2 aromatic carbocycles. The summed E-state index contributed by atoms with van der Waals surface area (Å²) < 4.78 is 24.0. The Morgan fingerprint density at radius 1 is 0.854 bits per heavy atom. The zero-order chi connectivity index (χ0) is 34.5. The number of fused-ring (bicyclic) bond motifs is 1. The van der Waals surface area contributed by atoms with Crippen molar-refractivity contribution in [2.24, 2.45) is 0 Å². The van der Waals surface area contributed by atoms with Crippen LogP contribution in [-0.4, -0.2) is 93.3 Å². The number of nitrogens with one attached hydrogen (secondary N) is 1. The summed E-state index contributed by atoms with van der Waals surface area (Å²) in [5.41, 5.74) is 0.752. The summed E-state index contributed by atoms with van der Waals surface area (Å²) in [5.74, 6) is -2.95. The number of aromatic nitrogens is 4. The number of anilines is 1. The molecule has 1 aliphatic rings. The Kier molecular flexibility index (Phi) is 10.5. The number of rotatable bonds is 11. The van der Waals surface area contributed by atoms with E-state index < -0.39 is 72.1 Å². The monoisotopic (exact) mass is 741 g/mol. The molecule has 1 unspecified atom stereocenters. The average molecular weight is 741 g/mol. The summed E-state index contributed by atoms with van der Waals surface area (Å²) in [5, 5.41) is 1.95. The van der Waals surface area contributed by atoms with Crippen LogP contribution in [0, 0.1) is 0 Å². The van der Waals surface area contributed by atoms with Gasteiger partial charge in [0.1, 0.15) is 0 Å². The van der Waals surface area contributed by atoms with Crippen LogP contribution >= 0.6 is 11.8 Å². The van der Waals surface area contributed by atoms with Gasteiger partial charge in [-0.15, -0.1) is 0 Å². The number of thioether (sulfide) groups is 1. The molecule has 2 aromatic heterocycles. The molecule has 0 bridgehead atoms. The first-order valence-corrected chi connectivity index (χ1v) is 17.2. The molecule has 16 heteroatoms. The molecule has 4 atom stereocenters. The van der Waals surface area contributed by atoms with Gasteiger partial charge in [0.2, 0.25) is 0 Å². The van der Waals surface area contributed by atoms with E-state index in [1.165, 1.54) is 40.3 Å². The maximum atomic E-state index is 13.1. The first-order chi connectivity index (χ1) is 23.0. The molecule has 250 valence electrons. The fourth-order valence-corrected chi connectivity index (χ4v) is 10.7. The van der Waals surface area contributed by atoms with Gasteiger partial charge in [0.25, 0.3) is 0 Å². The van der Waals surface area contributed by atoms with E-state index in [-0.39, 0.29) is 23.6 Å². The van der Waals surface area contributed by atoms with E-state index in [2.05, 4.69) is 20.3 Å². The molecule has 1 aliphatic heterocycles. The Bertz CT molecular complexity index is 1840. The van der Waals surface area contributed by atoms with Gasteiger partial charge < -0.3 is 0 Å². The number of hydrogen-bond donors (Lipinski definition) is 1. The van der Waals surface area contributed by atoms with Gasteiger partial charge in [0, 0.05) is 0 Å². The minimum atomic E-state index is -1.75. The molecule has 1 fully saturated rings. The van der Waals surface area contributed by atoms with Crippen molar-refractivity contribution in [3.8, 4) is 0 Å². The fraction of sp³-hybridized carbons (Fsp3) is 0.312. The van der Waals surface area contributed by atoms with Gasteiger partial charge in [0.05, 0.1) is 0 Å². The van der Waals surface area contributed by atoms with E-state index in [4.69, 9.17) is 18.9 Å². The van der Waals surface area contributed by atoms with E-state index in [0.717, 1.165) is 16.2 Å². The van der Waals surface area contributed by atoms with Crippen LogP contribution in [-0.2, 0) is 43.0 Å². The first kappa shape index (κ1) is 34.5. The molecule has 5 rings (SSSR count). The van der Waals surface area contributed by atoms with Crippen LogP contribution in [0.15, 0.2) is 73.3 Å². The quantitative estimate of drug-likeness (QED) is 0.135. The Labute approximate surface area is 285 Å². The van der Waals surface area contributed by atoms with Crippen LogP contribution in [0.4, 0.5) is 5.82 Å². The van der Waals surface area contributed by atoms with Crippen LogP contribution in [0.2, 0.25) is 0 Å². The topological polar surface area (TPSA) is 178 Å². The van der Waals surface area contributed by atoms with Crippen molar-refractivity contribution in [1.29, 1.82) is 0 Å². The molecule has 1 saturated heterocycles. The van der Waals surface area contributed by atoms with Crippen molar-refractivity contribution in [2.75, 3.05) is 18.5 Å². The number of ether oxygens (including phenoxy) is 4. The molecule has 0 saturated carbocycles. The average Bonchev–Trinajstić information content (AvgIpc) is 3.58. The van der Waals surface area contributed by atoms with Gasteiger partial charge >= 0.3 is 286 Å². The third-order valence-electron chi connectivity index (χ3n) is 7.12. The van der Waals surface area contributed by atoms with Crippen LogP contribution in [0.1, 0.15) is 38.1 Å². The molecule has 0 aliphatic carbocycles. The van der Waals surface area contributed by atoms with Crippen LogP contribution in [0.5, 0.6) is 0 Å². The number of benzene rings is 2. The van der Waals surface area contributed by atoms with Crippen molar-refractivity contribution in [3.63, 3.8) is 0 Å². The predicted octanol–water partition coefficient (Wildman–Crippen LogP) is 2.19. The molecule has 1 amide bonds. The Morgan fingerprint density at radius 3 is 2.15 bits per heavy atom. The van der Waals surface area contributed by atoms with E-state index >= 15 is 0 Å². The van der Waals surface area contributed by atoms with Crippen molar-refractivity contribution in [1.82, 2.24) is 19.5 Å². The number of esters is 4. The fourth-order valence-electron chi connectivity index (χ4n) is 5.28. The van der Waals surface area contributed by atoms with Gasteiger partial charge in [-0.05, 0) is 0 Å². The van der Waals surface area contributed by atoms with Crippen LogP contribution < -0.4 is 9.78 Å². The summed E-state index contributed by atoms with van der Waals surface area (Å²) in [7, 11) is 0. The minimum absolute atomic E-state index is 0.0953. The van der Waals surface area contributed by atoms with E-state index in [0.29, 0.717) is 5.56 Å². The van der Waals surface area contributed by atoms with Gasteiger partial charge in [-0.3, -0.25) is 0 Å². The van der Waals surface area contributed by atoms with Crippen LogP contribution in [0.25, 0.3) is 11.2 Å². The SMILES string of the molecule is CC(=O)OC[C@H]1S[C@@](COC(C)=O)(n2cnc3c(NC(=O)c4ccccc4)ncnc32)C(OC(C)=O)([Se]c2ccccc2)[C@@H]1OC(C)=O. The van der Waals surface area contributed by atoms with E-state index in [1.54, 1.807) is 34.9 Å². The number of amides is 1. The summed E-state index contributed by atoms with van der Waals surface area (Å²) in [6.45, 7) is 4.26. The number of carbonyl (C=O) groups is 5. The molecule has 14 nitrogen and oxygen atoms in total. The zero-order valence-electron chi connectivity index (χ0n) is 26.3. The molecular formula is C32H31N5O9SSe. The Balaban J connectivity index is 1.77. The Hall–Kier alpha value is -4.79. The summed E-state index contributed by atoms with van der Waals surface area (Å²) in [6, 6.07) is 17.7. The summed E-state index contributed by atoms with van der Waals surface area (Å²) in [6.07, 6.45) is 1.43. The van der Waals surface area contributed by atoms with E-state index in [9.17, 15) is 24.0 Å². The molecule has 3 heterocycles. The van der Waals surface area contributed by atoms with Crippen molar-refractivity contribution in [2.45, 2.75) is 48.4 Å².